The maximum atomic E-state index is 2.62. The Kier molecular flexibility index (Phi) is 5.27. The van der Waals surface area contributed by atoms with Gasteiger partial charge in [-0.1, -0.05) is 133 Å². The van der Waals surface area contributed by atoms with Gasteiger partial charge in [-0.25, -0.2) is 0 Å². The first kappa shape index (κ1) is 22.1. The molecule has 172 valence electrons. The van der Waals surface area contributed by atoms with Gasteiger partial charge in [-0.3, -0.25) is 0 Å². The molecule has 4 aromatic rings. The average Bonchev–Trinajstić information content (AvgIpc) is 3.39. The molecule has 0 fully saturated rings. The Bertz CT molecular complexity index is 1360. The van der Waals surface area contributed by atoms with Crippen LogP contribution in [0.15, 0.2) is 108 Å². The molecule has 2 unspecified atom stereocenters. The third-order valence-electron chi connectivity index (χ3n) is 8.17. The fraction of sp³-hybridized carbons (Fsp3) is 0.176. The Labute approximate surface area is 210 Å². The lowest BCUT2D eigenvalue weighted by atomic mass is 9.99. The van der Waals surface area contributed by atoms with Crippen molar-refractivity contribution in [3.63, 3.8) is 0 Å². The summed E-state index contributed by atoms with van der Waals surface area (Å²) in [7, 11) is -1.85. The molecule has 0 aliphatic heterocycles. The Morgan fingerprint density at radius 1 is 0.486 bits per heavy atom. The van der Waals surface area contributed by atoms with Crippen LogP contribution in [0.25, 0.3) is 34.4 Å². The second-order valence-electron chi connectivity index (χ2n) is 10.9. The molecule has 0 saturated carbocycles. The van der Waals surface area contributed by atoms with E-state index in [0.717, 1.165) is 0 Å². The van der Waals surface area contributed by atoms with Crippen molar-refractivity contribution in [3.05, 3.63) is 130 Å². The van der Waals surface area contributed by atoms with E-state index in [1.54, 1.807) is 0 Å². The van der Waals surface area contributed by atoms with E-state index < -0.39 is 8.07 Å². The molecule has 4 aromatic carbocycles. The fourth-order valence-electron chi connectivity index (χ4n) is 6.82. The zero-order chi connectivity index (χ0) is 24.2. The molecule has 2 aliphatic rings. The van der Waals surface area contributed by atoms with Crippen LogP contribution in [0.5, 0.6) is 0 Å². The predicted octanol–water partition coefficient (Wildman–Crippen LogP) is 9.51. The second kappa shape index (κ2) is 8.36. The van der Waals surface area contributed by atoms with Crippen molar-refractivity contribution in [3.8, 4) is 22.3 Å². The van der Waals surface area contributed by atoms with E-state index in [9.17, 15) is 0 Å². The van der Waals surface area contributed by atoms with Gasteiger partial charge in [-0.2, -0.15) is 0 Å². The summed E-state index contributed by atoms with van der Waals surface area (Å²) in [5.41, 5.74) is 15.2. The average molecular weight is 469 g/mol. The van der Waals surface area contributed by atoms with Gasteiger partial charge in [0.15, 0.2) is 0 Å². The van der Waals surface area contributed by atoms with Crippen molar-refractivity contribution in [1.82, 2.24) is 0 Å². The largest absolute Gasteiger partial charge is 0.0722 e. The van der Waals surface area contributed by atoms with Gasteiger partial charge in [-0.05, 0) is 58.4 Å². The molecular formula is C34H32Si. The van der Waals surface area contributed by atoms with Crippen LogP contribution in [-0.2, 0) is 0 Å². The normalized spacial score (nSPS) is 18.6. The molecule has 0 bridgehead atoms. The highest BCUT2D eigenvalue weighted by Crippen LogP contribution is 2.53. The number of allylic oxidation sites excluding steroid dienone is 2. The molecule has 0 amide bonds. The van der Waals surface area contributed by atoms with Crippen LogP contribution >= 0.6 is 0 Å². The summed E-state index contributed by atoms with van der Waals surface area (Å²) < 4.78 is 0. The molecule has 2 atom stereocenters. The van der Waals surface area contributed by atoms with Crippen molar-refractivity contribution in [1.29, 1.82) is 0 Å². The minimum absolute atomic E-state index is 0.515. The molecule has 0 saturated heterocycles. The first-order valence-electron chi connectivity index (χ1n) is 12.7. The molecule has 0 spiro atoms. The molecule has 6 rings (SSSR count). The predicted molar refractivity (Wildman–Crippen MR) is 154 cm³/mol. The van der Waals surface area contributed by atoms with Crippen LogP contribution in [0.1, 0.15) is 47.2 Å². The van der Waals surface area contributed by atoms with E-state index in [1.807, 2.05) is 0 Å². The van der Waals surface area contributed by atoms with Gasteiger partial charge in [0, 0.05) is 11.1 Å². The van der Waals surface area contributed by atoms with Crippen molar-refractivity contribution in [2.24, 2.45) is 0 Å². The molecule has 1 heteroatoms. The number of hydrogen-bond acceptors (Lipinski definition) is 0. The second-order valence-corrected chi connectivity index (χ2v) is 15.7. The smallest absolute Gasteiger partial charge is 0.0679 e. The molecular weight excluding hydrogens is 436 g/mol. The van der Waals surface area contributed by atoms with Crippen molar-refractivity contribution >= 4 is 20.2 Å². The van der Waals surface area contributed by atoms with Crippen molar-refractivity contribution in [2.45, 2.75) is 38.0 Å². The van der Waals surface area contributed by atoms with E-state index in [4.69, 9.17) is 0 Å². The SMILES string of the molecule is CC1=Cc2ccc(-c3ccccc3)cc2C1[Si](C)(C)C1C(C)=Cc2ccc(-c3ccccc3)cc21. The third-order valence-corrected chi connectivity index (χ3v) is 12.7. The Morgan fingerprint density at radius 2 is 0.886 bits per heavy atom. The van der Waals surface area contributed by atoms with Gasteiger partial charge in [0.25, 0.3) is 0 Å². The van der Waals surface area contributed by atoms with E-state index in [-0.39, 0.29) is 0 Å². The molecule has 0 heterocycles. The van der Waals surface area contributed by atoms with Crippen LogP contribution in [0.4, 0.5) is 0 Å². The number of benzene rings is 4. The summed E-state index contributed by atoms with van der Waals surface area (Å²) >= 11 is 0. The summed E-state index contributed by atoms with van der Waals surface area (Å²) in [5.74, 6) is 0. The Hall–Kier alpha value is -3.42. The zero-order valence-electron chi connectivity index (χ0n) is 21.0. The Balaban J connectivity index is 1.44. The lowest BCUT2D eigenvalue weighted by Gasteiger charge is -2.39. The van der Waals surface area contributed by atoms with Gasteiger partial charge in [0.05, 0.1) is 8.07 Å². The number of fused-ring (bicyclic) bond motifs is 2. The van der Waals surface area contributed by atoms with E-state index in [1.165, 1.54) is 55.7 Å². The highest BCUT2D eigenvalue weighted by molar-refractivity contribution is 6.81. The van der Waals surface area contributed by atoms with Crippen molar-refractivity contribution in [2.75, 3.05) is 0 Å². The van der Waals surface area contributed by atoms with Gasteiger partial charge >= 0.3 is 0 Å². The van der Waals surface area contributed by atoms with Gasteiger partial charge < -0.3 is 0 Å². The lowest BCUT2D eigenvalue weighted by Crippen LogP contribution is -2.42. The van der Waals surface area contributed by atoms with E-state index in [2.05, 4.69) is 136 Å². The first-order valence-corrected chi connectivity index (χ1v) is 15.8. The maximum absolute atomic E-state index is 2.62. The summed E-state index contributed by atoms with van der Waals surface area (Å²) in [6, 6.07) is 35.8. The fourth-order valence-corrected chi connectivity index (χ4v) is 11.8. The number of rotatable bonds is 4. The van der Waals surface area contributed by atoms with Crippen LogP contribution in [0, 0.1) is 0 Å². The van der Waals surface area contributed by atoms with E-state index in [0.29, 0.717) is 11.1 Å². The van der Waals surface area contributed by atoms with Gasteiger partial charge in [0.2, 0.25) is 0 Å². The van der Waals surface area contributed by atoms with E-state index >= 15 is 0 Å². The van der Waals surface area contributed by atoms with Crippen LogP contribution in [0.2, 0.25) is 13.1 Å². The maximum Gasteiger partial charge on any atom is 0.0722 e. The molecule has 0 aromatic heterocycles. The Morgan fingerprint density at radius 3 is 1.29 bits per heavy atom. The summed E-state index contributed by atoms with van der Waals surface area (Å²) in [6.07, 6.45) is 4.89. The van der Waals surface area contributed by atoms with Crippen LogP contribution in [-0.4, -0.2) is 8.07 Å². The van der Waals surface area contributed by atoms with Crippen molar-refractivity contribution < 1.29 is 0 Å². The third kappa shape index (κ3) is 3.66. The van der Waals surface area contributed by atoms with Gasteiger partial charge in [-0.15, -0.1) is 0 Å². The zero-order valence-corrected chi connectivity index (χ0v) is 22.0. The summed E-state index contributed by atoms with van der Waals surface area (Å²) in [4.78, 5) is 0. The summed E-state index contributed by atoms with van der Waals surface area (Å²) in [6.45, 7) is 9.95. The minimum Gasteiger partial charge on any atom is -0.0679 e. The van der Waals surface area contributed by atoms with Gasteiger partial charge in [0.1, 0.15) is 0 Å². The molecule has 0 radical (unpaired) electrons. The minimum atomic E-state index is -1.85. The molecule has 35 heavy (non-hydrogen) atoms. The first-order chi connectivity index (χ1) is 16.9. The molecule has 0 nitrogen and oxygen atoms in total. The monoisotopic (exact) mass is 468 g/mol. The highest BCUT2D eigenvalue weighted by Gasteiger charge is 2.46. The molecule has 2 aliphatic carbocycles. The lowest BCUT2D eigenvalue weighted by molar-refractivity contribution is 0.969. The highest BCUT2D eigenvalue weighted by atomic mass is 28.3. The topological polar surface area (TPSA) is 0 Å². The molecule has 0 N–H and O–H groups in total. The van der Waals surface area contributed by atoms with Crippen LogP contribution in [0.3, 0.4) is 0 Å². The summed E-state index contributed by atoms with van der Waals surface area (Å²) in [5, 5.41) is 0. The van der Waals surface area contributed by atoms with Crippen LogP contribution < -0.4 is 0 Å². The standard InChI is InChI=1S/C34H32Si/c1-23-19-29-17-15-27(25-11-7-5-8-12-25)21-31(29)33(23)35(3,4)34-24(2)20-30-18-16-28(22-32(30)34)26-13-9-6-10-14-26/h5-22,33-34H,1-4H3. The number of hydrogen-bond donors (Lipinski definition) is 0. The quantitative estimate of drug-likeness (QED) is 0.262.